The van der Waals surface area contributed by atoms with Crippen LogP contribution < -0.4 is 17.2 Å². The molecule has 1 atom stereocenters. The van der Waals surface area contributed by atoms with Crippen LogP contribution in [0.4, 0.5) is 5.69 Å². The number of para-hydroxylation sites is 1. The average Bonchev–Trinajstić information content (AvgIpc) is 2.80. The van der Waals surface area contributed by atoms with Gasteiger partial charge in [-0.25, -0.2) is 0 Å². The second-order valence-electron chi connectivity index (χ2n) is 6.36. The Morgan fingerprint density at radius 2 is 1.83 bits per heavy atom. The van der Waals surface area contributed by atoms with E-state index in [9.17, 15) is 4.79 Å². The fraction of sp³-hybridized carbons (Fsp3) is 0.278. The van der Waals surface area contributed by atoms with E-state index in [-0.39, 0.29) is 6.04 Å². The first-order valence-electron chi connectivity index (χ1n) is 7.76. The molecule has 5 heteroatoms. The zero-order valence-electron chi connectivity index (χ0n) is 13.4. The van der Waals surface area contributed by atoms with Crippen LogP contribution in [0, 0.1) is 5.92 Å². The molecule has 5 nitrogen and oxygen atoms in total. The van der Waals surface area contributed by atoms with Gasteiger partial charge in [0, 0.05) is 34.6 Å². The Balaban J connectivity index is 2.32. The van der Waals surface area contributed by atoms with Crippen molar-refractivity contribution < 1.29 is 4.79 Å². The highest BCUT2D eigenvalue weighted by atomic mass is 16.1. The summed E-state index contributed by atoms with van der Waals surface area (Å²) < 4.78 is 2.18. The molecule has 6 N–H and O–H groups in total. The van der Waals surface area contributed by atoms with Crippen molar-refractivity contribution in [3.63, 3.8) is 0 Å². The van der Waals surface area contributed by atoms with E-state index >= 15 is 0 Å². The lowest BCUT2D eigenvalue weighted by Gasteiger charge is -2.18. The van der Waals surface area contributed by atoms with E-state index in [0.29, 0.717) is 23.7 Å². The van der Waals surface area contributed by atoms with Gasteiger partial charge in [0.15, 0.2) is 0 Å². The summed E-state index contributed by atoms with van der Waals surface area (Å²) in [7, 11) is 0. The van der Waals surface area contributed by atoms with Gasteiger partial charge in [0.1, 0.15) is 0 Å². The van der Waals surface area contributed by atoms with Crippen molar-refractivity contribution in [2.75, 3.05) is 5.73 Å². The number of primary amides is 1. The number of benzene rings is 2. The number of hydrogen-bond donors (Lipinski definition) is 3. The number of fused-ring (bicyclic) bond motifs is 3. The minimum Gasteiger partial charge on any atom is -0.398 e. The first-order chi connectivity index (χ1) is 10.9. The number of nitrogens with two attached hydrogens (primary N) is 3. The molecule has 23 heavy (non-hydrogen) atoms. The molecule has 1 unspecified atom stereocenters. The van der Waals surface area contributed by atoms with Crippen LogP contribution in [0.15, 0.2) is 36.4 Å². The Bertz CT molecular complexity index is 895. The van der Waals surface area contributed by atoms with Crippen molar-refractivity contribution in [2.45, 2.75) is 26.4 Å². The monoisotopic (exact) mass is 310 g/mol. The van der Waals surface area contributed by atoms with Crippen molar-refractivity contribution in [1.82, 2.24) is 4.57 Å². The summed E-state index contributed by atoms with van der Waals surface area (Å²) in [5.41, 5.74) is 20.5. The van der Waals surface area contributed by atoms with Crippen LogP contribution in [-0.4, -0.2) is 16.5 Å². The van der Waals surface area contributed by atoms with E-state index in [4.69, 9.17) is 17.2 Å². The predicted molar refractivity (Wildman–Crippen MR) is 95.2 cm³/mol. The third kappa shape index (κ3) is 2.53. The summed E-state index contributed by atoms with van der Waals surface area (Å²) in [5, 5.41) is 2.04. The van der Waals surface area contributed by atoms with E-state index < -0.39 is 5.91 Å². The summed E-state index contributed by atoms with van der Waals surface area (Å²) in [6.07, 6.45) is 0. The van der Waals surface area contributed by atoms with Gasteiger partial charge in [0.25, 0.3) is 5.91 Å². The molecule has 120 valence electrons. The van der Waals surface area contributed by atoms with Gasteiger partial charge >= 0.3 is 0 Å². The molecule has 1 amide bonds. The lowest BCUT2D eigenvalue weighted by Crippen LogP contribution is -2.31. The maximum Gasteiger partial charge on any atom is 0.250 e. The summed E-state index contributed by atoms with van der Waals surface area (Å²) in [4.78, 5) is 11.6. The van der Waals surface area contributed by atoms with Gasteiger partial charge in [-0.05, 0) is 24.1 Å². The lowest BCUT2D eigenvalue weighted by molar-refractivity contribution is 0.100. The predicted octanol–water partition coefficient (Wildman–Crippen LogP) is 2.46. The summed E-state index contributed by atoms with van der Waals surface area (Å²) in [6, 6.07) is 11.7. The third-order valence-electron chi connectivity index (χ3n) is 4.46. The minimum atomic E-state index is -0.514. The third-order valence-corrected chi connectivity index (χ3v) is 4.46. The minimum absolute atomic E-state index is 0.0334. The molecule has 0 bridgehead atoms. The lowest BCUT2D eigenvalue weighted by atomic mass is 10.1. The molecule has 2 aromatic carbocycles. The van der Waals surface area contributed by atoms with Gasteiger partial charge in [-0.3, -0.25) is 4.79 Å². The SMILES string of the molecule is CC(C)C(N)Cn1c2ccccc2c2cc(C(N)=O)c(N)cc21. The zero-order chi connectivity index (χ0) is 16.7. The second-order valence-corrected chi connectivity index (χ2v) is 6.36. The van der Waals surface area contributed by atoms with Crippen molar-refractivity contribution in [2.24, 2.45) is 17.4 Å². The molecule has 0 aliphatic heterocycles. The van der Waals surface area contributed by atoms with Crippen LogP contribution in [0.1, 0.15) is 24.2 Å². The molecule has 1 heterocycles. The van der Waals surface area contributed by atoms with E-state index in [0.717, 1.165) is 21.8 Å². The first-order valence-corrected chi connectivity index (χ1v) is 7.76. The van der Waals surface area contributed by atoms with Crippen LogP contribution in [-0.2, 0) is 6.54 Å². The van der Waals surface area contributed by atoms with E-state index in [1.54, 1.807) is 6.07 Å². The van der Waals surface area contributed by atoms with Crippen LogP contribution >= 0.6 is 0 Å². The molecule has 0 aliphatic rings. The number of amides is 1. The molecule has 0 saturated carbocycles. The molecule has 3 aromatic rings. The van der Waals surface area contributed by atoms with Crippen LogP contribution in [0.25, 0.3) is 21.8 Å². The molecule has 1 aromatic heterocycles. The fourth-order valence-corrected chi connectivity index (χ4v) is 2.94. The fourth-order valence-electron chi connectivity index (χ4n) is 2.94. The number of nitrogens with zero attached hydrogens (tertiary/aromatic N) is 1. The summed E-state index contributed by atoms with van der Waals surface area (Å²) >= 11 is 0. The Morgan fingerprint density at radius 3 is 2.48 bits per heavy atom. The van der Waals surface area contributed by atoms with Crippen molar-refractivity contribution in [3.05, 3.63) is 42.0 Å². The molecule has 0 fully saturated rings. The molecule has 0 radical (unpaired) electrons. The maximum atomic E-state index is 11.6. The first kappa shape index (κ1) is 15.4. The van der Waals surface area contributed by atoms with Crippen molar-refractivity contribution >= 4 is 33.4 Å². The highest BCUT2D eigenvalue weighted by molar-refractivity contribution is 6.12. The van der Waals surface area contributed by atoms with Gasteiger partial charge in [-0.1, -0.05) is 32.0 Å². The van der Waals surface area contributed by atoms with Crippen molar-refractivity contribution in [3.8, 4) is 0 Å². The van der Waals surface area contributed by atoms with Crippen LogP contribution in [0.5, 0.6) is 0 Å². The summed E-state index contributed by atoms with van der Waals surface area (Å²) in [5.74, 6) is -0.145. The van der Waals surface area contributed by atoms with E-state index in [2.05, 4.69) is 24.5 Å². The second kappa shape index (κ2) is 5.59. The summed E-state index contributed by atoms with van der Waals surface area (Å²) in [6.45, 7) is 4.91. The highest BCUT2D eigenvalue weighted by Gasteiger charge is 2.17. The number of hydrogen-bond acceptors (Lipinski definition) is 3. The Morgan fingerprint density at radius 1 is 1.13 bits per heavy atom. The standard InChI is InChI=1S/C18H22N4O/c1-10(2)15(20)9-22-16-6-4-3-5-11(16)12-7-13(18(21)23)14(19)8-17(12)22/h3-8,10,15H,9,19-20H2,1-2H3,(H2,21,23). The van der Waals surface area contributed by atoms with Gasteiger partial charge < -0.3 is 21.8 Å². The Kier molecular flexibility index (Phi) is 3.74. The smallest absolute Gasteiger partial charge is 0.250 e. The topological polar surface area (TPSA) is 100 Å². The molecular weight excluding hydrogens is 288 g/mol. The molecular formula is C18H22N4O. The van der Waals surface area contributed by atoms with Gasteiger partial charge in [-0.2, -0.15) is 0 Å². The normalized spacial score (nSPS) is 13.0. The van der Waals surface area contributed by atoms with Crippen LogP contribution in [0.2, 0.25) is 0 Å². The van der Waals surface area contributed by atoms with Gasteiger partial charge in [-0.15, -0.1) is 0 Å². The van der Waals surface area contributed by atoms with Crippen LogP contribution in [0.3, 0.4) is 0 Å². The number of carbonyl (C=O) groups is 1. The quantitative estimate of drug-likeness (QED) is 0.645. The van der Waals surface area contributed by atoms with Gasteiger partial charge in [0.2, 0.25) is 0 Å². The largest absolute Gasteiger partial charge is 0.398 e. The number of rotatable bonds is 4. The highest BCUT2D eigenvalue weighted by Crippen LogP contribution is 2.32. The zero-order valence-corrected chi connectivity index (χ0v) is 13.4. The average molecular weight is 310 g/mol. The number of anilines is 1. The Labute approximate surface area is 135 Å². The van der Waals surface area contributed by atoms with E-state index in [1.807, 2.05) is 24.3 Å². The molecule has 0 saturated heterocycles. The number of nitrogen functional groups attached to an aromatic ring is 1. The number of aromatic nitrogens is 1. The molecule has 0 aliphatic carbocycles. The number of carbonyl (C=O) groups excluding carboxylic acids is 1. The van der Waals surface area contributed by atoms with E-state index in [1.165, 1.54) is 0 Å². The maximum absolute atomic E-state index is 11.6. The van der Waals surface area contributed by atoms with Crippen molar-refractivity contribution in [1.29, 1.82) is 0 Å². The van der Waals surface area contributed by atoms with Gasteiger partial charge in [0.05, 0.1) is 11.1 Å². The molecule has 3 rings (SSSR count). The Hall–Kier alpha value is -2.53. The molecule has 0 spiro atoms.